The van der Waals surface area contributed by atoms with Gasteiger partial charge in [-0.15, -0.1) is 0 Å². The van der Waals surface area contributed by atoms with Crippen LogP contribution in [0, 0.1) is 0 Å². The molecule has 1 nitrogen and oxygen atoms in total. The molecule has 2 heteroatoms. The number of hydrogen-bond donors (Lipinski definition) is 1. The second-order valence-electron chi connectivity index (χ2n) is 2.23. The minimum absolute atomic E-state index is 0.341. The molecule has 52 valence electrons. The van der Waals surface area contributed by atoms with Crippen LogP contribution in [0.5, 0.6) is 5.75 Å². The van der Waals surface area contributed by atoms with Crippen molar-refractivity contribution in [2.45, 2.75) is 11.6 Å². The molecule has 0 aromatic heterocycles. The van der Waals surface area contributed by atoms with Crippen LogP contribution in [0.1, 0.15) is 17.2 Å². The van der Waals surface area contributed by atoms with Crippen LogP contribution >= 0.6 is 0 Å². The van der Waals surface area contributed by atoms with Crippen LogP contribution in [-0.4, -0.2) is 22.0 Å². The van der Waals surface area contributed by atoms with Gasteiger partial charge >= 0.3 is 69.2 Å². The van der Waals surface area contributed by atoms with E-state index in [2.05, 4.69) is 16.9 Å². The monoisotopic (exact) mass is 196 g/mol. The number of phenols is 1. The van der Waals surface area contributed by atoms with Crippen LogP contribution in [0.25, 0.3) is 0 Å². The van der Waals surface area contributed by atoms with Crippen molar-refractivity contribution in [2.75, 3.05) is 0 Å². The standard InChI is InChI=1S/C8H9AsO/c1-6(9)7-4-2-3-5-8(7)10/h2-6,10H,1H3. The first-order chi connectivity index (χ1) is 4.72. The van der Waals surface area contributed by atoms with Gasteiger partial charge in [0.15, 0.2) is 0 Å². The Morgan fingerprint density at radius 2 is 2.00 bits per heavy atom. The molecule has 2 radical (unpaired) electrons. The molecule has 1 atom stereocenters. The third-order valence-electron chi connectivity index (χ3n) is 1.39. The first-order valence-electron chi connectivity index (χ1n) is 3.18. The Kier molecular flexibility index (Phi) is 2.39. The first kappa shape index (κ1) is 7.68. The Morgan fingerprint density at radius 1 is 1.40 bits per heavy atom. The molecule has 0 aliphatic carbocycles. The average molecular weight is 196 g/mol. The van der Waals surface area contributed by atoms with Crippen molar-refractivity contribution < 1.29 is 5.11 Å². The van der Waals surface area contributed by atoms with Crippen LogP contribution in [0.15, 0.2) is 24.3 Å². The predicted octanol–water partition coefficient (Wildman–Crippen LogP) is 1.62. The molecule has 1 aromatic carbocycles. The molecule has 0 amide bonds. The normalized spacial score (nSPS) is 13.0. The molecule has 10 heavy (non-hydrogen) atoms. The number of hydrogen-bond acceptors (Lipinski definition) is 1. The summed E-state index contributed by atoms with van der Waals surface area (Å²) in [6.07, 6.45) is 0. The van der Waals surface area contributed by atoms with Crippen molar-refractivity contribution in [1.82, 2.24) is 0 Å². The Bertz CT molecular complexity index is 220. The average Bonchev–Trinajstić information content (AvgIpc) is 1.88. The van der Waals surface area contributed by atoms with Gasteiger partial charge in [-0.25, -0.2) is 0 Å². The number of phenolic OH excluding ortho intramolecular Hbond substituents is 1. The predicted molar refractivity (Wildman–Crippen MR) is 42.3 cm³/mol. The molecule has 1 N–H and O–H groups in total. The van der Waals surface area contributed by atoms with E-state index in [9.17, 15) is 5.11 Å². The third-order valence-corrected chi connectivity index (χ3v) is 1.97. The number of benzene rings is 1. The molecule has 1 rings (SSSR count). The summed E-state index contributed by atoms with van der Waals surface area (Å²) in [4.78, 5) is 0. The van der Waals surface area contributed by atoms with E-state index >= 15 is 0 Å². The van der Waals surface area contributed by atoms with E-state index in [1.165, 1.54) is 0 Å². The van der Waals surface area contributed by atoms with E-state index in [1.54, 1.807) is 6.07 Å². The SMILES string of the molecule is CC([As])c1ccccc1O. The summed E-state index contributed by atoms with van der Waals surface area (Å²) >= 11 is 2.50. The zero-order valence-corrected chi connectivity index (χ0v) is 7.66. The molecule has 0 saturated carbocycles. The van der Waals surface area contributed by atoms with E-state index in [0.717, 1.165) is 5.56 Å². The minimum atomic E-state index is 0.341. The Hall–Kier alpha value is -0.422. The maximum atomic E-state index is 9.27. The quantitative estimate of drug-likeness (QED) is 0.676. The number of rotatable bonds is 1. The van der Waals surface area contributed by atoms with E-state index in [1.807, 2.05) is 25.1 Å². The first-order valence-corrected chi connectivity index (χ1v) is 4.26. The van der Waals surface area contributed by atoms with Crippen molar-refractivity contribution in [2.24, 2.45) is 0 Å². The van der Waals surface area contributed by atoms with Crippen LogP contribution in [0.3, 0.4) is 0 Å². The zero-order chi connectivity index (χ0) is 7.56. The summed E-state index contributed by atoms with van der Waals surface area (Å²) in [5.41, 5.74) is 0.988. The molecule has 0 fully saturated rings. The van der Waals surface area contributed by atoms with Gasteiger partial charge in [0.25, 0.3) is 0 Å². The van der Waals surface area contributed by atoms with Gasteiger partial charge in [-0.1, -0.05) is 0 Å². The Labute approximate surface area is 69.6 Å². The number of para-hydroxylation sites is 1. The molecule has 0 saturated heterocycles. The molecule has 1 aromatic rings. The summed E-state index contributed by atoms with van der Waals surface area (Å²) in [5.74, 6) is 0.385. The molecular formula is C8H9AsO. The second kappa shape index (κ2) is 3.11. The summed E-state index contributed by atoms with van der Waals surface area (Å²) in [7, 11) is 0. The molecular weight excluding hydrogens is 187 g/mol. The van der Waals surface area contributed by atoms with E-state index in [-0.39, 0.29) is 0 Å². The second-order valence-corrected chi connectivity index (χ2v) is 3.86. The van der Waals surface area contributed by atoms with Gasteiger partial charge < -0.3 is 0 Å². The fourth-order valence-corrected chi connectivity index (χ4v) is 1.30. The fourth-order valence-electron chi connectivity index (χ4n) is 0.841. The van der Waals surface area contributed by atoms with Gasteiger partial charge in [-0.2, -0.15) is 0 Å². The molecule has 0 aliphatic rings. The molecule has 1 unspecified atom stereocenters. The van der Waals surface area contributed by atoms with Crippen molar-refractivity contribution >= 4 is 16.9 Å². The maximum absolute atomic E-state index is 9.27. The van der Waals surface area contributed by atoms with Gasteiger partial charge in [0.2, 0.25) is 0 Å². The summed E-state index contributed by atoms with van der Waals surface area (Å²) in [6, 6.07) is 7.39. The van der Waals surface area contributed by atoms with E-state index in [4.69, 9.17) is 0 Å². The van der Waals surface area contributed by atoms with Gasteiger partial charge in [0.05, 0.1) is 0 Å². The van der Waals surface area contributed by atoms with Gasteiger partial charge in [0.1, 0.15) is 0 Å². The number of aromatic hydroxyl groups is 1. The van der Waals surface area contributed by atoms with E-state index in [0.29, 0.717) is 10.5 Å². The van der Waals surface area contributed by atoms with E-state index < -0.39 is 0 Å². The zero-order valence-electron chi connectivity index (χ0n) is 5.78. The van der Waals surface area contributed by atoms with Crippen LogP contribution in [0.4, 0.5) is 0 Å². The van der Waals surface area contributed by atoms with Crippen molar-refractivity contribution in [3.05, 3.63) is 29.8 Å². The summed E-state index contributed by atoms with van der Waals surface area (Å²) in [6.45, 7) is 2.04. The van der Waals surface area contributed by atoms with Gasteiger partial charge in [0, 0.05) is 0 Å². The van der Waals surface area contributed by atoms with Crippen LogP contribution in [0.2, 0.25) is 0 Å². The van der Waals surface area contributed by atoms with Crippen LogP contribution < -0.4 is 0 Å². The third kappa shape index (κ3) is 1.54. The van der Waals surface area contributed by atoms with Gasteiger partial charge in [-0.3, -0.25) is 0 Å². The van der Waals surface area contributed by atoms with Crippen molar-refractivity contribution in [1.29, 1.82) is 0 Å². The summed E-state index contributed by atoms with van der Waals surface area (Å²) < 4.78 is 0.341. The molecule has 0 heterocycles. The summed E-state index contributed by atoms with van der Waals surface area (Å²) in [5, 5.41) is 9.27. The Balaban J connectivity index is 3.03. The van der Waals surface area contributed by atoms with Crippen molar-refractivity contribution in [3.63, 3.8) is 0 Å². The molecule has 0 spiro atoms. The Morgan fingerprint density at radius 3 is 2.40 bits per heavy atom. The molecule has 0 bridgehead atoms. The molecule has 0 aliphatic heterocycles. The fraction of sp³-hybridized carbons (Fsp3) is 0.250. The topological polar surface area (TPSA) is 20.2 Å². The van der Waals surface area contributed by atoms with Gasteiger partial charge in [-0.05, 0) is 0 Å². The van der Waals surface area contributed by atoms with Crippen LogP contribution in [-0.2, 0) is 0 Å². The van der Waals surface area contributed by atoms with Crippen molar-refractivity contribution in [3.8, 4) is 5.75 Å².